The molecule has 86 valence electrons. The summed E-state index contributed by atoms with van der Waals surface area (Å²) in [5.74, 6) is -0.219. The molecule has 15 heavy (non-hydrogen) atoms. The zero-order valence-electron chi connectivity index (χ0n) is 8.99. The summed E-state index contributed by atoms with van der Waals surface area (Å²) in [5.41, 5.74) is 0. The lowest BCUT2D eigenvalue weighted by atomic mass is 10.2. The molecule has 2 unspecified atom stereocenters. The van der Waals surface area contributed by atoms with Crippen LogP contribution in [0.15, 0.2) is 0 Å². The smallest absolute Gasteiger partial charge is 0.324 e. The van der Waals surface area contributed by atoms with Crippen molar-refractivity contribution in [1.82, 2.24) is 10.2 Å². The first kappa shape index (κ1) is 12.2. The summed E-state index contributed by atoms with van der Waals surface area (Å²) >= 11 is 0. The van der Waals surface area contributed by atoms with Crippen LogP contribution < -0.4 is 5.32 Å². The van der Waals surface area contributed by atoms with Gasteiger partial charge in [0, 0.05) is 41.8 Å². The molecule has 0 aliphatic carbocycles. The highest BCUT2D eigenvalue weighted by atomic mass is 32.2. The van der Waals surface area contributed by atoms with Crippen molar-refractivity contribution in [3.8, 4) is 0 Å². The fourth-order valence-electron chi connectivity index (χ4n) is 1.32. The van der Waals surface area contributed by atoms with E-state index in [0.29, 0.717) is 25.9 Å². The number of carbonyl (C=O) groups is 2. The first-order valence-corrected chi connectivity index (χ1v) is 6.54. The Kier molecular flexibility index (Phi) is 4.26. The molecule has 1 aliphatic rings. The molecule has 2 atom stereocenters. The molecule has 0 bridgehead atoms. The van der Waals surface area contributed by atoms with Crippen molar-refractivity contribution in [3.63, 3.8) is 0 Å². The van der Waals surface area contributed by atoms with Gasteiger partial charge < -0.3 is 4.90 Å². The quantitative estimate of drug-likeness (QED) is 0.746. The Hall–Kier alpha value is -0.910. The Morgan fingerprint density at radius 2 is 2.20 bits per heavy atom. The Bertz CT molecular complexity index is 293. The zero-order chi connectivity index (χ0) is 11.4. The van der Waals surface area contributed by atoms with Crippen molar-refractivity contribution >= 4 is 22.7 Å². The van der Waals surface area contributed by atoms with Gasteiger partial charge in [-0.2, -0.15) is 0 Å². The third-order valence-electron chi connectivity index (χ3n) is 2.51. The minimum atomic E-state index is -0.858. The predicted octanol–water partition coefficient (Wildman–Crippen LogP) is 0.0854. The highest BCUT2D eigenvalue weighted by Gasteiger charge is 2.23. The monoisotopic (exact) mass is 232 g/mol. The molecule has 1 fully saturated rings. The number of nitrogens with one attached hydrogen (secondary N) is 1. The number of rotatable bonds is 4. The summed E-state index contributed by atoms with van der Waals surface area (Å²) in [4.78, 5) is 23.8. The number of nitrogens with zero attached hydrogens (tertiary/aromatic N) is 1. The van der Waals surface area contributed by atoms with Crippen LogP contribution in [0.25, 0.3) is 0 Å². The Balaban J connectivity index is 2.36. The maximum Gasteiger partial charge on any atom is 0.324 e. The standard InChI is InChI=1S/C9H16N2O3S/c1-7(15(2)14)3-5-11-6-4-8(12)10-9(11)13/h7H,3-6H2,1-2H3,(H,10,12,13). The molecule has 3 amide bonds. The molecule has 5 nitrogen and oxygen atoms in total. The van der Waals surface area contributed by atoms with Gasteiger partial charge in [0.2, 0.25) is 5.91 Å². The fraction of sp³-hybridized carbons (Fsp3) is 0.778. The van der Waals surface area contributed by atoms with E-state index in [2.05, 4.69) is 5.32 Å². The van der Waals surface area contributed by atoms with Gasteiger partial charge in [-0.25, -0.2) is 4.79 Å². The van der Waals surface area contributed by atoms with Crippen LogP contribution in [-0.4, -0.2) is 45.6 Å². The van der Waals surface area contributed by atoms with Gasteiger partial charge in [0.05, 0.1) is 0 Å². The van der Waals surface area contributed by atoms with Crippen molar-refractivity contribution in [2.75, 3.05) is 19.3 Å². The van der Waals surface area contributed by atoms with E-state index in [1.807, 2.05) is 6.92 Å². The van der Waals surface area contributed by atoms with Crippen LogP contribution in [0.2, 0.25) is 0 Å². The van der Waals surface area contributed by atoms with Crippen LogP contribution in [0.1, 0.15) is 19.8 Å². The van der Waals surface area contributed by atoms with Gasteiger partial charge in [-0.3, -0.25) is 14.3 Å². The van der Waals surface area contributed by atoms with Gasteiger partial charge in [0.1, 0.15) is 0 Å². The highest BCUT2D eigenvalue weighted by molar-refractivity contribution is 7.84. The second kappa shape index (κ2) is 5.25. The number of hydrogen-bond acceptors (Lipinski definition) is 3. The van der Waals surface area contributed by atoms with Crippen LogP contribution in [0.3, 0.4) is 0 Å². The Labute approximate surface area is 91.7 Å². The lowest BCUT2D eigenvalue weighted by Crippen LogP contribution is -2.50. The minimum absolute atomic E-state index is 0.0791. The molecule has 6 heteroatoms. The van der Waals surface area contributed by atoms with E-state index in [1.165, 1.54) is 0 Å². The van der Waals surface area contributed by atoms with Gasteiger partial charge >= 0.3 is 6.03 Å². The maximum absolute atomic E-state index is 11.3. The summed E-state index contributed by atoms with van der Waals surface area (Å²) in [5, 5.41) is 2.33. The number of hydrogen-bond donors (Lipinski definition) is 1. The summed E-state index contributed by atoms with van der Waals surface area (Å²) in [7, 11) is -0.858. The third-order valence-corrected chi connectivity index (χ3v) is 3.88. The molecule has 0 radical (unpaired) electrons. The molecule has 1 saturated heterocycles. The van der Waals surface area contributed by atoms with Gasteiger partial charge in [-0.1, -0.05) is 6.92 Å². The summed E-state index contributed by atoms with van der Waals surface area (Å²) < 4.78 is 11.1. The van der Waals surface area contributed by atoms with E-state index in [-0.39, 0.29) is 17.2 Å². The van der Waals surface area contributed by atoms with E-state index in [1.54, 1.807) is 11.2 Å². The average molecular weight is 232 g/mol. The predicted molar refractivity (Wildman–Crippen MR) is 57.9 cm³/mol. The topological polar surface area (TPSA) is 66.5 Å². The number of imide groups is 1. The SMILES string of the molecule is CC(CCN1CCC(=O)NC1=O)S(C)=O. The van der Waals surface area contributed by atoms with E-state index in [9.17, 15) is 13.8 Å². The molecule has 0 aromatic heterocycles. The van der Waals surface area contributed by atoms with Crippen molar-refractivity contribution in [2.24, 2.45) is 0 Å². The number of carbonyl (C=O) groups excluding carboxylic acids is 2. The highest BCUT2D eigenvalue weighted by Crippen LogP contribution is 2.05. The molecular weight excluding hydrogens is 216 g/mol. The number of amides is 3. The molecular formula is C9H16N2O3S. The molecule has 1 heterocycles. The van der Waals surface area contributed by atoms with Crippen LogP contribution in [-0.2, 0) is 15.6 Å². The first-order valence-electron chi connectivity index (χ1n) is 4.91. The third kappa shape index (κ3) is 3.62. The van der Waals surface area contributed by atoms with Gasteiger partial charge in [0.15, 0.2) is 0 Å². The van der Waals surface area contributed by atoms with Crippen molar-refractivity contribution in [3.05, 3.63) is 0 Å². The molecule has 0 aromatic rings. The van der Waals surface area contributed by atoms with Gasteiger partial charge in [-0.15, -0.1) is 0 Å². The van der Waals surface area contributed by atoms with Crippen molar-refractivity contribution < 1.29 is 13.8 Å². The summed E-state index contributed by atoms with van der Waals surface area (Å²) in [6.07, 6.45) is 2.71. The molecule has 0 aromatic carbocycles. The Morgan fingerprint density at radius 3 is 2.73 bits per heavy atom. The van der Waals surface area contributed by atoms with E-state index in [0.717, 1.165) is 0 Å². The van der Waals surface area contributed by atoms with Crippen molar-refractivity contribution in [1.29, 1.82) is 0 Å². The van der Waals surface area contributed by atoms with Gasteiger partial charge in [-0.05, 0) is 6.42 Å². The van der Waals surface area contributed by atoms with E-state index in [4.69, 9.17) is 0 Å². The molecule has 0 saturated carbocycles. The van der Waals surface area contributed by atoms with Crippen LogP contribution in [0.5, 0.6) is 0 Å². The Morgan fingerprint density at radius 1 is 1.53 bits per heavy atom. The number of urea groups is 1. The molecule has 1 rings (SSSR count). The molecule has 0 spiro atoms. The van der Waals surface area contributed by atoms with E-state index >= 15 is 0 Å². The molecule has 1 aliphatic heterocycles. The second-order valence-electron chi connectivity index (χ2n) is 3.69. The largest absolute Gasteiger partial charge is 0.324 e. The lowest BCUT2D eigenvalue weighted by Gasteiger charge is -2.27. The molecule has 1 N–H and O–H groups in total. The second-order valence-corrected chi connectivity index (χ2v) is 5.49. The van der Waals surface area contributed by atoms with Crippen molar-refractivity contribution in [2.45, 2.75) is 25.0 Å². The van der Waals surface area contributed by atoms with Crippen LogP contribution in [0, 0.1) is 0 Å². The fourth-order valence-corrected chi connectivity index (χ4v) is 1.75. The van der Waals surface area contributed by atoms with E-state index < -0.39 is 10.8 Å². The van der Waals surface area contributed by atoms with Crippen LogP contribution >= 0.6 is 0 Å². The normalized spacial score (nSPS) is 21.1. The maximum atomic E-state index is 11.3. The minimum Gasteiger partial charge on any atom is -0.324 e. The average Bonchev–Trinajstić information content (AvgIpc) is 2.15. The summed E-state index contributed by atoms with van der Waals surface area (Å²) in [6, 6.07) is -0.333. The first-order chi connectivity index (χ1) is 7.00. The van der Waals surface area contributed by atoms with Crippen LogP contribution in [0.4, 0.5) is 4.79 Å². The van der Waals surface area contributed by atoms with Gasteiger partial charge in [0.25, 0.3) is 0 Å². The zero-order valence-corrected chi connectivity index (χ0v) is 9.80. The summed E-state index contributed by atoms with van der Waals surface area (Å²) in [6.45, 7) is 2.91. The lowest BCUT2D eigenvalue weighted by molar-refractivity contribution is -0.121.